The van der Waals surface area contributed by atoms with Crippen molar-refractivity contribution in [1.82, 2.24) is 9.80 Å². The van der Waals surface area contributed by atoms with Crippen molar-refractivity contribution in [2.75, 3.05) is 38.1 Å². The second-order valence-electron chi connectivity index (χ2n) is 6.88. The Kier molecular flexibility index (Phi) is 3.84. The Balaban J connectivity index is 1.56. The van der Waals surface area contributed by atoms with Gasteiger partial charge in [0.15, 0.2) is 0 Å². The van der Waals surface area contributed by atoms with Gasteiger partial charge in [-0.25, -0.2) is 0 Å². The van der Waals surface area contributed by atoms with Crippen LogP contribution in [0.3, 0.4) is 0 Å². The predicted octanol–water partition coefficient (Wildman–Crippen LogP) is 1.84. The smallest absolute Gasteiger partial charge is 0.257 e. The summed E-state index contributed by atoms with van der Waals surface area (Å²) in [6.45, 7) is 2.26. The Hall–Kier alpha value is -2.60. The fourth-order valence-corrected chi connectivity index (χ4v) is 3.84. The van der Waals surface area contributed by atoms with E-state index in [4.69, 9.17) is 4.42 Å². The van der Waals surface area contributed by atoms with Crippen molar-refractivity contribution in [3.05, 3.63) is 54.5 Å². The van der Waals surface area contributed by atoms with Crippen LogP contribution in [0.5, 0.6) is 0 Å². The van der Waals surface area contributed by atoms with Gasteiger partial charge in [0.05, 0.1) is 23.9 Å². The Labute approximate surface area is 146 Å². The third-order valence-electron chi connectivity index (χ3n) is 5.39. The zero-order chi connectivity index (χ0) is 17.4. The van der Waals surface area contributed by atoms with E-state index in [1.54, 1.807) is 6.07 Å². The van der Waals surface area contributed by atoms with Crippen molar-refractivity contribution in [2.45, 2.75) is 12.0 Å². The molecule has 2 amide bonds. The molecule has 25 heavy (non-hydrogen) atoms. The monoisotopic (exact) mass is 339 g/mol. The topological polar surface area (TPSA) is 57.0 Å². The highest BCUT2D eigenvalue weighted by Gasteiger charge is 2.48. The number of piperazine rings is 1. The summed E-state index contributed by atoms with van der Waals surface area (Å²) in [7, 11) is 1.98. The lowest BCUT2D eigenvalue weighted by Gasteiger charge is -2.46. The summed E-state index contributed by atoms with van der Waals surface area (Å²) in [5.74, 6) is 0.0844. The number of likely N-dealkylation sites (N-methyl/N-ethyl adjacent to an activating group) is 1. The first kappa shape index (κ1) is 15.9. The average molecular weight is 339 g/mol. The van der Waals surface area contributed by atoms with Crippen LogP contribution in [0.25, 0.3) is 0 Å². The van der Waals surface area contributed by atoms with Crippen LogP contribution in [-0.2, 0) is 4.79 Å². The number of hydrogen-bond acceptors (Lipinski definition) is 4. The number of likely N-dealkylation sites (tertiary alicyclic amines) is 1. The normalized spacial score (nSPS) is 24.3. The van der Waals surface area contributed by atoms with Crippen molar-refractivity contribution in [3.63, 3.8) is 0 Å². The zero-order valence-electron chi connectivity index (χ0n) is 14.2. The number of hydrogen-bond donors (Lipinski definition) is 0. The van der Waals surface area contributed by atoms with Gasteiger partial charge in [-0.2, -0.15) is 0 Å². The van der Waals surface area contributed by atoms with E-state index in [0.717, 1.165) is 12.1 Å². The fourth-order valence-electron chi connectivity index (χ4n) is 3.84. The van der Waals surface area contributed by atoms with E-state index >= 15 is 0 Å². The molecule has 1 aromatic carbocycles. The molecule has 2 aliphatic rings. The molecular weight excluding hydrogens is 318 g/mol. The number of carbonyl (C=O) groups is 2. The van der Waals surface area contributed by atoms with Crippen LogP contribution in [0.4, 0.5) is 5.69 Å². The Morgan fingerprint density at radius 1 is 1.16 bits per heavy atom. The molecule has 0 N–H and O–H groups in total. The van der Waals surface area contributed by atoms with Crippen molar-refractivity contribution in [3.8, 4) is 0 Å². The van der Waals surface area contributed by atoms with Crippen LogP contribution in [0.1, 0.15) is 16.8 Å². The first-order valence-electron chi connectivity index (χ1n) is 8.47. The van der Waals surface area contributed by atoms with Gasteiger partial charge >= 0.3 is 0 Å². The number of anilines is 1. The lowest BCUT2D eigenvalue weighted by molar-refractivity contribution is -0.123. The molecular formula is C19H21N3O3. The van der Waals surface area contributed by atoms with Crippen LogP contribution < -0.4 is 4.90 Å². The lowest BCUT2D eigenvalue weighted by atomic mass is 9.92. The summed E-state index contributed by atoms with van der Waals surface area (Å²) < 4.78 is 5.03. The summed E-state index contributed by atoms with van der Waals surface area (Å²) in [6, 6.07) is 11.4. The van der Waals surface area contributed by atoms with Gasteiger partial charge in [0.1, 0.15) is 6.26 Å². The van der Waals surface area contributed by atoms with Gasteiger partial charge in [-0.15, -0.1) is 0 Å². The van der Waals surface area contributed by atoms with Crippen molar-refractivity contribution in [2.24, 2.45) is 0 Å². The van der Waals surface area contributed by atoms with Crippen LogP contribution in [0, 0.1) is 0 Å². The molecule has 2 saturated heterocycles. The first-order chi connectivity index (χ1) is 12.1. The van der Waals surface area contributed by atoms with Crippen LogP contribution in [0.2, 0.25) is 0 Å². The standard InChI is InChI=1S/C19H21N3O3/c1-20-11-17(23)22(16-5-3-2-4-6-16)14-19(20)8-9-21(13-19)18(24)15-7-10-25-12-15/h2-7,10,12H,8-9,11,13-14H2,1H3/t19-/m0/s1. The molecule has 6 nitrogen and oxygen atoms in total. The molecule has 130 valence electrons. The molecule has 1 aromatic heterocycles. The van der Waals surface area contributed by atoms with Crippen molar-refractivity contribution >= 4 is 17.5 Å². The van der Waals surface area contributed by atoms with E-state index in [-0.39, 0.29) is 17.4 Å². The minimum Gasteiger partial charge on any atom is -0.472 e. The van der Waals surface area contributed by atoms with Gasteiger partial charge in [0, 0.05) is 25.3 Å². The number of furan rings is 1. The van der Waals surface area contributed by atoms with Crippen molar-refractivity contribution in [1.29, 1.82) is 0 Å². The summed E-state index contributed by atoms with van der Waals surface area (Å²) in [4.78, 5) is 31.0. The van der Waals surface area contributed by atoms with Crippen molar-refractivity contribution < 1.29 is 14.0 Å². The van der Waals surface area contributed by atoms with E-state index in [2.05, 4.69) is 4.90 Å². The number of benzene rings is 1. The quantitative estimate of drug-likeness (QED) is 0.838. The molecule has 2 aromatic rings. The largest absolute Gasteiger partial charge is 0.472 e. The van der Waals surface area contributed by atoms with Gasteiger partial charge in [0.25, 0.3) is 5.91 Å². The molecule has 4 rings (SSSR count). The SMILES string of the molecule is CN1CC(=O)N(c2ccccc2)C[C@@]12CCN(C(=O)c1ccoc1)C2. The maximum absolute atomic E-state index is 12.6. The summed E-state index contributed by atoms with van der Waals surface area (Å²) >= 11 is 0. The lowest BCUT2D eigenvalue weighted by Crippen LogP contribution is -2.64. The van der Waals surface area contributed by atoms with Gasteiger partial charge in [-0.05, 0) is 31.7 Å². The molecule has 0 bridgehead atoms. The molecule has 0 unspecified atom stereocenters. The fraction of sp³-hybridized carbons (Fsp3) is 0.368. The molecule has 0 saturated carbocycles. The molecule has 3 heterocycles. The number of nitrogens with zero attached hydrogens (tertiary/aromatic N) is 3. The third-order valence-corrected chi connectivity index (χ3v) is 5.39. The number of carbonyl (C=O) groups excluding carboxylic acids is 2. The zero-order valence-corrected chi connectivity index (χ0v) is 14.2. The van der Waals surface area contributed by atoms with E-state index in [0.29, 0.717) is 31.7 Å². The maximum Gasteiger partial charge on any atom is 0.257 e. The average Bonchev–Trinajstić information content (AvgIpc) is 3.30. The number of para-hydroxylation sites is 1. The maximum atomic E-state index is 12.6. The number of rotatable bonds is 2. The van der Waals surface area contributed by atoms with Gasteiger partial charge in [-0.1, -0.05) is 18.2 Å². The minimum absolute atomic E-state index is 0.0119. The molecule has 0 aliphatic carbocycles. The Morgan fingerprint density at radius 2 is 1.96 bits per heavy atom. The number of amides is 2. The van der Waals surface area contributed by atoms with Crippen LogP contribution >= 0.6 is 0 Å². The Morgan fingerprint density at radius 3 is 2.68 bits per heavy atom. The highest BCUT2D eigenvalue weighted by atomic mass is 16.3. The third kappa shape index (κ3) is 2.72. The van der Waals surface area contributed by atoms with E-state index in [1.807, 2.05) is 47.2 Å². The van der Waals surface area contributed by atoms with Gasteiger partial charge in [-0.3, -0.25) is 14.5 Å². The minimum atomic E-state index is -0.205. The molecule has 1 spiro atoms. The summed E-state index contributed by atoms with van der Waals surface area (Å²) in [6.07, 6.45) is 3.85. The second kappa shape index (κ2) is 6.04. The molecule has 6 heteroatoms. The van der Waals surface area contributed by atoms with E-state index in [1.165, 1.54) is 12.5 Å². The predicted molar refractivity (Wildman–Crippen MR) is 93.4 cm³/mol. The molecule has 1 atom stereocenters. The van der Waals surface area contributed by atoms with Gasteiger partial charge in [0.2, 0.25) is 5.91 Å². The molecule has 2 aliphatic heterocycles. The van der Waals surface area contributed by atoms with E-state index < -0.39 is 0 Å². The molecule has 0 radical (unpaired) electrons. The summed E-state index contributed by atoms with van der Waals surface area (Å²) in [5, 5.41) is 0. The Bertz CT molecular complexity index is 774. The second-order valence-corrected chi connectivity index (χ2v) is 6.88. The van der Waals surface area contributed by atoms with Crippen LogP contribution in [0.15, 0.2) is 53.3 Å². The summed E-state index contributed by atoms with van der Waals surface area (Å²) in [5.41, 5.74) is 1.29. The van der Waals surface area contributed by atoms with Crippen LogP contribution in [-0.4, -0.2) is 60.4 Å². The molecule has 2 fully saturated rings. The highest BCUT2D eigenvalue weighted by molar-refractivity contribution is 5.96. The van der Waals surface area contributed by atoms with E-state index in [9.17, 15) is 9.59 Å². The first-order valence-corrected chi connectivity index (χ1v) is 8.47. The highest BCUT2D eigenvalue weighted by Crippen LogP contribution is 2.33. The van der Waals surface area contributed by atoms with Gasteiger partial charge < -0.3 is 14.2 Å².